The quantitative estimate of drug-likeness (QED) is 0.177. The van der Waals surface area contributed by atoms with Gasteiger partial charge < -0.3 is 36.2 Å². The number of carboxylic acid groups (broad SMARTS) is 2. The topological polar surface area (TPSA) is 203 Å². The number of amides is 1. The van der Waals surface area contributed by atoms with Gasteiger partial charge in [-0.3, -0.25) is 4.79 Å². The Bertz CT molecular complexity index is 1030. The van der Waals surface area contributed by atoms with E-state index in [0.29, 0.717) is 11.3 Å². The molecule has 2 aliphatic rings. The Morgan fingerprint density at radius 2 is 2.16 bits per heavy atom. The van der Waals surface area contributed by atoms with Crippen molar-refractivity contribution in [3.05, 3.63) is 22.3 Å². The maximum Gasteiger partial charge on any atom is 0.354 e. The molecule has 0 aromatic carbocycles. The average molecular weight is 486 g/mol. The fourth-order valence-electron chi connectivity index (χ4n) is 2.55. The molecule has 0 bridgehead atoms. The molecule has 172 valence electrons. The number of thioether (sulfide) groups is 1. The van der Waals surface area contributed by atoms with Crippen LogP contribution >= 0.6 is 23.1 Å². The van der Waals surface area contributed by atoms with Crippen molar-refractivity contribution in [1.82, 2.24) is 15.6 Å². The van der Waals surface area contributed by atoms with E-state index >= 15 is 0 Å². The molecule has 2 aliphatic heterocycles. The number of thiazole rings is 1. The van der Waals surface area contributed by atoms with Crippen LogP contribution in [0.5, 0.6) is 0 Å². The number of nitrogen functional groups attached to an aromatic ring is 1. The first-order chi connectivity index (χ1) is 15.0. The number of carbonyl (C=O) groups is 4. The van der Waals surface area contributed by atoms with Crippen LogP contribution in [0.15, 0.2) is 21.8 Å². The van der Waals surface area contributed by atoms with Gasteiger partial charge in [-0.25, -0.2) is 19.4 Å². The van der Waals surface area contributed by atoms with Crippen LogP contribution in [0.3, 0.4) is 0 Å². The number of aliphatic carboxylic acids is 2. The predicted octanol–water partition coefficient (Wildman–Crippen LogP) is -0.648. The van der Waals surface area contributed by atoms with E-state index in [4.69, 9.17) is 15.3 Å². The van der Waals surface area contributed by atoms with E-state index < -0.39 is 46.5 Å². The van der Waals surface area contributed by atoms with Crippen molar-refractivity contribution in [1.29, 1.82) is 0 Å². The van der Waals surface area contributed by atoms with E-state index in [1.165, 1.54) is 31.0 Å². The van der Waals surface area contributed by atoms with Crippen LogP contribution in [0.4, 0.5) is 5.13 Å². The summed E-state index contributed by atoms with van der Waals surface area (Å²) in [5, 5.41) is 28.2. The highest BCUT2D eigenvalue weighted by atomic mass is 32.2. The van der Waals surface area contributed by atoms with Crippen molar-refractivity contribution in [2.45, 2.75) is 30.9 Å². The number of nitrogens with two attached hydrogens (primary N) is 1. The van der Waals surface area contributed by atoms with Crippen molar-refractivity contribution in [3.63, 3.8) is 0 Å². The van der Waals surface area contributed by atoms with Crippen molar-refractivity contribution in [2.24, 2.45) is 5.16 Å². The second kappa shape index (κ2) is 9.04. The Labute approximate surface area is 189 Å². The predicted molar refractivity (Wildman–Crippen MR) is 113 cm³/mol. The molecule has 1 amide bonds. The normalized spacial score (nSPS) is 19.5. The van der Waals surface area contributed by atoms with Crippen LogP contribution in [0.1, 0.15) is 19.5 Å². The standard InChI is InChI=1S/C17H19N5O8S2/c1-17(2,15(27)28)30-22-9(7-5-32-16(18)19-7)11(23)20-10(13(24)25)12-21-8-6(4-31-12)3-29-14(8)26/h5,10,12,21H,3-4H2,1-2H3,(H2,18,19)(H,20,23)(H,24,25)(H,27,28)/b22-9-/t10?,12-/m1/s1. The summed E-state index contributed by atoms with van der Waals surface area (Å²) in [6.45, 7) is 2.57. The van der Waals surface area contributed by atoms with Gasteiger partial charge in [-0.1, -0.05) is 5.16 Å². The second-order valence-electron chi connectivity index (χ2n) is 7.14. The number of cyclic esters (lactones) is 1. The summed E-state index contributed by atoms with van der Waals surface area (Å²) in [6.07, 6.45) is 0. The molecule has 0 saturated carbocycles. The largest absolute Gasteiger partial charge is 0.480 e. The number of oxime groups is 1. The van der Waals surface area contributed by atoms with E-state index in [1.807, 2.05) is 0 Å². The Balaban J connectivity index is 1.84. The van der Waals surface area contributed by atoms with Crippen molar-refractivity contribution < 1.29 is 39.0 Å². The number of carboxylic acids is 2. The molecule has 0 radical (unpaired) electrons. The van der Waals surface area contributed by atoms with Crippen LogP contribution in [0.2, 0.25) is 0 Å². The lowest BCUT2D eigenvalue weighted by atomic mass is 10.1. The number of aromatic nitrogens is 1. The first-order valence-corrected chi connectivity index (χ1v) is 10.9. The number of anilines is 1. The average Bonchev–Trinajstić information content (AvgIpc) is 3.31. The fraction of sp³-hybridized carbons (Fsp3) is 0.412. The highest BCUT2D eigenvalue weighted by Crippen LogP contribution is 2.28. The molecule has 0 spiro atoms. The number of carbonyl (C=O) groups excluding carboxylic acids is 2. The number of hydrogen-bond acceptors (Lipinski definition) is 12. The summed E-state index contributed by atoms with van der Waals surface area (Å²) in [7, 11) is 0. The van der Waals surface area contributed by atoms with Gasteiger partial charge in [0.2, 0.25) is 5.60 Å². The maximum absolute atomic E-state index is 12.9. The monoisotopic (exact) mass is 485 g/mol. The van der Waals surface area contributed by atoms with Gasteiger partial charge in [-0.2, -0.15) is 0 Å². The van der Waals surface area contributed by atoms with E-state index in [1.54, 1.807) is 0 Å². The zero-order valence-corrected chi connectivity index (χ0v) is 18.4. The Morgan fingerprint density at radius 3 is 2.75 bits per heavy atom. The summed E-state index contributed by atoms with van der Waals surface area (Å²) in [5.41, 5.74) is 4.24. The summed E-state index contributed by atoms with van der Waals surface area (Å²) < 4.78 is 4.92. The lowest BCUT2D eigenvalue weighted by molar-refractivity contribution is -0.161. The molecule has 1 aromatic heterocycles. The molecule has 0 saturated heterocycles. The van der Waals surface area contributed by atoms with Crippen molar-refractivity contribution in [2.75, 3.05) is 18.1 Å². The molecule has 15 heteroatoms. The van der Waals surface area contributed by atoms with Crippen molar-refractivity contribution in [3.8, 4) is 0 Å². The molecule has 1 aromatic rings. The Morgan fingerprint density at radius 1 is 1.44 bits per heavy atom. The zero-order valence-electron chi connectivity index (χ0n) is 16.8. The fourth-order valence-corrected chi connectivity index (χ4v) is 4.28. The van der Waals surface area contributed by atoms with Crippen LogP contribution < -0.4 is 16.4 Å². The summed E-state index contributed by atoms with van der Waals surface area (Å²) in [6, 6.07) is -1.48. The molecule has 3 rings (SSSR count). The smallest absolute Gasteiger partial charge is 0.354 e. The van der Waals surface area contributed by atoms with Crippen LogP contribution in [0, 0.1) is 0 Å². The minimum atomic E-state index is -1.77. The van der Waals surface area contributed by atoms with Gasteiger partial charge in [0, 0.05) is 16.7 Å². The number of nitrogens with zero attached hydrogens (tertiary/aromatic N) is 2. The lowest BCUT2D eigenvalue weighted by Crippen LogP contribution is -2.55. The summed E-state index contributed by atoms with van der Waals surface area (Å²) >= 11 is 2.17. The number of nitrogens with one attached hydrogen (secondary N) is 2. The first-order valence-electron chi connectivity index (χ1n) is 9.01. The highest BCUT2D eigenvalue weighted by Gasteiger charge is 2.39. The van der Waals surface area contributed by atoms with Gasteiger partial charge in [-0.15, -0.1) is 23.1 Å². The molecular weight excluding hydrogens is 466 g/mol. The molecule has 2 atom stereocenters. The molecule has 3 heterocycles. The number of esters is 1. The molecule has 1 unspecified atom stereocenters. The maximum atomic E-state index is 12.9. The van der Waals surface area contributed by atoms with Gasteiger partial charge >= 0.3 is 17.9 Å². The molecule has 0 aliphatic carbocycles. The third-order valence-corrected chi connectivity index (χ3v) is 6.31. The second-order valence-corrected chi connectivity index (χ2v) is 9.16. The number of rotatable bonds is 8. The lowest BCUT2D eigenvalue weighted by Gasteiger charge is -2.29. The molecule has 13 nitrogen and oxygen atoms in total. The number of hydrogen-bond donors (Lipinski definition) is 5. The van der Waals surface area contributed by atoms with Crippen LogP contribution in [0.25, 0.3) is 0 Å². The van der Waals surface area contributed by atoms with E-state index in [0.717, 1.165) is 11.3 Å². The van der Waals surface area contributed by atoms with E-state index in [2.05, 4.69) is 20.8 Å². The Hall–Kier alpha value is -3.33. The molecule has 6 N–H and O–H groups in total. The van der Waals surface area contributed by atoms with Gasteiger partial charge in [0.1, 0.15) is 23.4 Å². The number of ether oxygens (including phenoxy) is 1. The van der Waals surface area contributed by atoms with Gasteiger partial charge in [-0.05, 0) is 13.8 Å². The SMILES string of the molecule is CC(C)(O/N=C(\C(=O)NC(C(=O)O)[C@@H]1NC2=C(COC2=O)CS1)c1csc(N)n1)C(=O)O. The third-order valence-electron chi connectivity index (χ3n) is 4.37. The van der Waals surface area contributed by atoms with Gasteiger partial charge in [0.15, 0.2) is 16.9 Å². The van der Waals surface area contributed by atoms with Gasteiger partial charge in [0.05, 0.1) is 0 Å². The third kappa shape index (κ3) is 4.94. The summed E-state index contributed by atoms with van der Waals surface area (Å²) in [4.78, 5) is 56.9. The first kappa shape index (κ1) is 23.3. The highest BCUT2D eigenvalue weighted by molar-refractivity contribution is 8.00. The summed E-state index contributed by atoms with van der Waals surface area (Å²) in [5.74, 6) is -3.94. The van der Waals surface area contributed by atoms with E-state index in [-0.39, 0.29) is 23.1 Å². The zero-order chi connectivity index (χ0) is 23.6. The van der Waals surface area contributed by atoms with Crippen molar-refractivity contribution >= 4 is 57.8 Å². The van der Waals surface area contributed by atoms with E-state index in [9.17, 15) is 29.4 Å². The molecular formula is C17H19N5O8S2. The van der Waals surface area contributed by atoms with Gasteiger partial charge in [0.25, 0.3) is 5.91 Å². The molecule has 0 fully saturated rings. The van der Waals surface area contributed by atoms with Crippen LogP contribution in [-0.2, 0) is 28.8 Å². The minimum Gasteiger partial charge on any atom is -0.480 e. The molecule has 32 heavy (non-hydrogen) atoms. The van der Waals surface area contributed by atoms with Crippen LogP contribution in [-0.4, -0.2) is 74.1 Å². The Kier molecular flexibility index (Phi) is 6.59. The minimum absolute atomic E-state index is 0.0241.